The number of rotatable bonds is 6. The van der Waals surface area contributed by atoms with Crippen molar-refractivity contribution in [2.45, 2.75) is 64.7 Å². The first-order chi connectivity index (χ1) is 20.4. The van der Waals surface area contributed by atoms with Crippen molar-refractivity contribution in [3.63, 3.8) is 0 Å². The molecule has 1 heterocycles. The SMILES string of the molecule is C[C@H]1C[C@@H]2[C@H]([C@@H](O)C[C@@]3(C)[C@H]2CC[C@]3(O)C(=O)COC(=O)c2cccc(CN3CCN(C)CC3)c2)[C@@]2(C)C=CC(=O)C=C12. The molecule has 0 amide bonds. The Kier molecular flexibility index (Phi) is 7.81. The Labute approximate surface area is 254 Å². The minimum absolute atomic E-state index is 0.00921. The van der Waals surface area contributed by atoms with Crippen molar-refractivity contribution in [2.75, 3.05) is 39.8 Å². The predicted octanol–water partition coefficient (Wildman–Crippen LogP) is 3.42. The second-order valence-corrected chi connectivity index (χ2v) is 14.4. The highest BCUT2D eigenvalue weighted by atomic mass is 16.5. The molecule has 8 atom stereocenters. The van der Waals surface area contributed by atoms with Crippen LogP contribution >= 0.6 is 0 Å². The van der Waals surface area contributed by atoms with Crippen molar-refractivity contribution in [3.05, 3.63) is 59.2 Å². The fourth-order valence-electron chi connectivity index (χ4n) is 9.61. The van der Waals surface area contributed by atoms with Crippen LogP contribution in [0.2, 0.25) is 0 Å². The number of likely N-dealkylation sites (N-methyl/N-ethyl adjacent to an activating group) is 1. The summed E-state index contributed by atoms with van der Waals surface area (Å²) in [6.45, 7) is 10.4. The number of hydrogen-bond donors (Lipinski definition) is 2. The summed E-state index contributed by atoms with van der Waals surface area (Å²) < 4.78 is 5.52. The van der Waals surface area contributed by atoms with Gasteiger partial charge >= 0.3 is 5.97 Å². The second-order valence-electron chi connectivity index (χ2n) is 14.4. The van der Waals surface area contributed by atoms with Gasteiger partial charge in [-0.25, -0.2) is 4.79 Å². The van der Waals surface area contributed by atoms with E-state index in [4.69, 9.17) is 4.74 Å². The molecule has 4 fully saturated rings. The van der Waals surface area contributed by atoms with Crippen LogP contribution in [0.25, 0.3) is 0 Å². The Balaban J connectivity index is 1.14. The van der Waals surface area contributed by atoms with E-state index in [0.717, 1.165) is 50.3 Å². The summed E-state index contributed by atoms with van der Waals surface area (Å²) in [6, 6.07) is 7.35. The average molecular weight is 591 g/mol. The van der Waals surface area contributed by atoms with Crippen LogP contribution in [0.4, 0.5) is 0 Å². The number of ether oxygens (including phenoxy) is 1. The van der Waals surface area contributed by atoms with Crippen LogP contribution in [0.15, 0.2) is 48.1 Å². The first-order valence-corrected chi connectivity index (χ1v) is 15.9. The zero-order chi connectivity index (χ0) is 30.7. The van der Waals surface area contributed by atoms with Gasteiger partial charge in [-0.15, -0.1) is 0 Å². The number of carbonyl (C=O) groups excluding carboxylic acids is 3. The van der Waals surface area contributed by atoms with Gasteiger partial charge in [-0.05, 0) is 80.3 Å². The van der Waals surface area contributed by atoms with Crippen molar-refractivity contribution < 1.29 is 29.3 Å². The van der Waals surface area contributed by atoms with Crippen LogP contribution in [-0.2, 0) is 20.9 Å². The van der Waals surface area contributed by atoms with Gasteiger partial charge in [-0.2, -0.15) is 0 Å². The lowest BCUT2D eigenvalue weighted by atomic mass is 9.45. The molecule has 0 aromatic heterocycles. The molecule has 232 valence electrons. The van der Waals surface area contributed by atoms with E-state index in [2.05, 4.69) is 30.7 Å². The molecule has 1 aliphatic heterocycles. The van der Waals surface area contributed by atoms with Gasteiger partial charge in [-0.1, -0.05) is 44.6 Å². The van der Waals surface area contributed by atoms with E-state index < -0.39 is 40.9 Å². The van der Waals surface area contributed by atoms with Crippen LogP contribution in [-0.4, -0.2) is 89.1 Å². The number of nitrogens with zero attached hydrogens (tertiary/aromatic N) is 2. The molecule has 2 N–H and O–H groups in total. The molecule has 8 nitrogen and oxygen atoms in total. The minimum atomic E-state index is -1.69. The maximum absolute atomic E-state index is 13.7. The Hall–Kier alpha value is -2.65. The molecule has 0 bridgehead atoms. The average Bonchev–Trinajstić information content (AvgIpc) is 3.24. The monoisotopic (exact) mass is 590 g/mol. The number of hydrogen-bond acceptors (Lipinski definition) is 8. The van der Waals surface area contributed by atoms with Crippen molar-refractivity contribution in [1.82, 2.24) is 9.80 Å². The fraction of sp³-hybridized carbons (Fsp3) is 0.629. The van der Waals surface area contributed by atoms with Crippen LogP contribution < -0.4 is 0 Å². The molecule has 4 aliphatic carbocycles. The fourth-order valence-corrected chi connectivity index (χ4v) is 9.61. The smallest absolute Gasteiger partial charge is 0.338 e. The molecule has 1 saturated heterocycles. The van der Waals surface area contributed by atoms with Gasteiger partial charge in [0.1, 0.15) is 5.60 Å². The van der Waals surface area contributed by atoms with E-state index in [9.17, 15) is 24.6 Å². The number of benzene rings is 1. The van der Waals surface area contributed by atoms with E-state index in [-0.39, 0.29) is 42.3 Å². The number of allylic oxidation sites excluding steroid dienone is 4. The normalized spacial score (nSPS) is 39.4. The molecular formula is C35H46N2O6. The van der Waals surface area contributed by atoms with E-state index in [1.165, 1.54) is 0 Å². The molecule has 3 saturated carbocycles. The van der Waals surface area contributed by atoms with Gasteiger partial charge in [0.05, 0.1) is 11.7 Å². The minimum Gasteiger partial charge on any atom is -0.454 e. The van der Waals surface area contributed by atoms with Crippen LogP contribution in [0, 0.1) is 34.5 Å². The van der Waals surface area contributed by atoms with E-state index in [1.54, 1.807) is 18.2 Å². The largest absolute Gasteiger partial charge is 0.454 e. The zero-order valence-corrected chi connectivity index (χ0v) is 25.9. The third-order valence-corrected chi connectivity index (χ3v) is 11.9. The lowest BCUT2D eigenvalue weighted by molar-refractivity contribution is -0.180. The Bertz CT molecular complexity index is 1360. The molecular weight excluding hydrogens is 544 g/mol. The highest BCUT2D eigenvalue weighted by Gasteiger charge is 2.68. The second kappa shape index (κ2) is 11.1. The lowest BCUT2D eigenvalue weighted by Gasteiger charge is -2.60. The highest BCUT2D eigenvalue weighted by molar-refractivity contribution is 6.01. The summed E-state index contributed by atoms with van der Waals surface area (Å²) in [5.41, 5.74) is -0.475. The summed E-state index contributed by atoms with van der Waals surface area (Å²) >= 11 is 0. The molecule has 5 aliphatic rings. The van der Waals surface area contributed by atoms with Gasteiger partial charge in [-0.3, -0.25) is 14.5 Å². The molecule has 6 rings (SSSR count). The summed E-state index contributed by atoms with van der Waals surface area (Å²) in [4.78, 5) is 43.6. The number of fused-ring (bicyclic) bond motifs is 5. The Morgan fingerprint density at radius 1 is 1.14 bits per heavy atom. The van der Waals surface area contributed by atoms with Crippen LogP contribution in [0.5, 0.6) is 0 Å². The number of aliphatic hydroxyl groups excluding tert-OH is 1. The number of esters is 1. The Morgan fingerprint density at radius 3 is 2.63 bits per heavy atom. The topological polar surface area (TPSA) is 107 Å². The number of ketones is 2. The molecule has 8 heteroatoms. The molecule has 43 heavy (non-hydrogen) atoms. The summed E-state index contributed by atoms with van der Waals surface area (Å²) in [7, 11) is 2.12. The van der Waals surface area contributed by atoms with Crippen molar-refractivity contribution in [1.29, 1.82) is 0 Å². The Morgan fingerprint density at radius 2 is 1.88 bits per heavy atom. The third kappa shape index (κ3) is 5.04. The molecule has 0 spiro atoms. The summed E-state index contributed by atoms with van der Waals surface area (Å²) in [5.74, 6) is -0.890. The first kappa shape index (κ1) is 30.4. The van der Waals surface area contributed by atoms with Crippen LogP contribution in [0.1, 0.15) is 62.4 Å². The van der Waals surface area contributed by atoms with Gasteiger partial charge < -0.3 is 19.8 Å². The van der Waals surface area contributed by atoms with Gasteiger partial charge in [0, 0.05) is 49.5 Å². The molecule has 0 radical (unpaired) electrons. The number of Topliss-reactive ketones (excluding diaryl/α,β-unsaturated/α-hetero) is 1. The number of piperazine rings is 1. The third-order valence-electron chi connectivity index (χ3n) is 11.9. The van der Waals surface area contributed by atoms with Crippen molar-refractivity contribution in [2.24, 2.45) is 34.5 Å². The lowest BCUT2D eigenvalue weighted by Crippen LogP contribution is -2.62. The summed E-state index contributed by atoms with van der Waals surface area (Å²) in [5, 5.41) is 23.7. The molecule has 1 aromatic carbocycles. The van der Waals surface area contributed by atoms with Crippen molar-refractivity contribution in [3.8, 4) is 0 Å². The van der Waals surface area contributed by atoms with Gasteiger partial charge in [0.2, 0.25) is 5.78 Å². The number of aliphatic hydroxyl groups is 2. The first-order valence-electron chi connectivity index (χ1n) is 15.9. The maximum atomic E-state index is 13.7. The standard InChI is InChI=1S/C35H46N2O6/c1-22-16-26-27-9-11-35(42,34(27,3)19-29(39)31(26)33(2)10-8-25(38)18-28(22)33)30(40)21-43-32(41)24-7-5-6-23(17-24)20-37-14-12-36(4)13-15-37/h5-8,10,17-18,22,26-27,29,31,39,42H,9,11-16,19-21H2,1-4H3/t22-,26-,27-,29-,31+,33-,34-,35-/m0/s1. The highest BCUT2D eigenvalue weighted by Crippen LogP contribution is 2.67. The quantitative estimate of drug-likeness (QED) is 0.486. The van der Waals surface area contributed by atoms with E-state index in [1.807, 2.05) is 31.2 Å². The molecule has 0 unspecified atom stereocenters. The van der Waals surface area contributed by atoms with Gasteiger partial charge in [0.15, 0.2) is 12.4 Å². The summed E-state index contributed by atoms with van der Waals surface area (Å²) in [6.07, 6.45) is 6.61. The van der Waals surface area contributed by atoms with Crippen molar-refractivity contribution >= 4 is 17.5 Å². The van der Waals surface area contributed by atoms with E-state index in [0.29, 0.717) is 12.0 Å². The predicted molar refractivity (Wildman–Crippen MR) is 162 cm³/mol. The van der Waals surface area contributed by atoms with E-state index >= 15 is 0 Å². The van der Waals surface area contributed by atoms with Crippen LogP contribution in [0.3, 0.4) is 0 Å². The maximum Gasteiger partial charge on any atom is 0.338 e. The molecule has 1 aromatic rings. The number of carbonyl (C=O) groups is 3. The zero-order valence-electron chi connectivity index (χ0n) is 25.9. The van der Waals surface area contributed by atoms with Gasteiger partial charge in [0.25, 0.3) is 0 Å².